The molecule has 1 N–H and O–H groups in total. The van der Waals surface area contributed by atoms with E-state index in [-0.39, 0.29) is 0 Å². The van der Waals surface area contributed by atoms with Gasteiger partial charge in [0, 0.05) is 0 Å². The van der Waals surface area contributed by atoms with E-state index in [4.69, 9.17) is 13.6 Å². The van der Waals surface area contributed by atoms with Gasteiger partial charge in [-0.25, -0.2) is 0 Å². The quantitative estimate of drug-likeness (QED) is 0.634. The molecule has 5 heteroatoms. The normalized spacial score (nSPS) is 13.3. The molecule has 0 spiro atoms. The Kier molecular flexibility index (Phi) is 6.90. The fraction of sp³-hybridized carbons (Fsp3) is 1.00. The minimum atomic E-state index is -3.27. The van der Waals surface area contributed by atoms with Gasteiger partial charge >= 0.3 is 73.6 Å². The van der Waals surface area contributed by atoms with Crippen molar-refractivity contribution in [3.63, 3.8) is 0 Å². The summed E-state index contributed by atoms with van der Waals surface area (Å²) in [5, 5.41) is 0. The van der Waals surface area contributed by atoms with Gasteiger partial charge in [0.15, 0.2) is 0 Å². The molecule has 12 heavy (non-hydrogen) atoms. The Morgan fingerprint density at radius 2 is 1.50 bits per heavy atom. The molecule has 0 radical (unpaired) electrons. The van der Waals surface area contributed by atoms with Gasteiger partial charge in [0.2, 0.25) is 0 Å². The maximum atomic E-state index is 9.61. The standard InChI is InChI=1S/C7H19O4P/c1-4-7-11-12(8,9-5-2)10-6-3/h8,12H,4-7H2,1-3H3. The molecule has 0 aliphatic carbocycles. The van der Waals surface area contributed by atoms with E-state index in [2.05, 4.69) is 0 Å². The van der Waals surface area contributed by atoms with E-state index in [0.29, 0.717) is 19.8 Å². The molecule has 0 aromatic heterocycles. The number of hydrogen-bond acceptors (Lipinski definition) is 4. The summed E-state index contributed by atoms with van der Waals surface area (Å²) in [7, 11) is -3.27. The molecule has 0 saturated carbocycles. The van der Waals surface area contributed by atoms with Crippen LogP contribution in [-0.2, 0) is 13.6 Å². The molecule has 0 fully saturated rings. The summed E-state index contributed by atoms with van der Waals surface area (Å²) < 4.78 is 15.2. The van der Waals surface area contributed by atoms with Crippen molar-refractivity contribution in [1.82, 2.24) is 0 Å². The molecule has 0 saturated heterocycles. The van der Waals surface area contributed by atoms with Gasteiger partial charge in [-0.05, 0) is 0 Å². The number of rotatable bonds is 7. The van der Waals surface area contributed by atoms with Crippen molar-refractivity contribution >= 4 is 8.17 Å². The summed E-state index contributed by atoms with van der Waals surface area (Å²) in [5.74, 6) is 0. The van der Waals surface area contributed by atoms with Gasteiger partial charge < -0.3 is 0 Å². The summed E-state index contributed by atoms with van der Waals surface area (Å²) in [6, 6.07) is 0. The van der Waals surface area contributed by atoms with E-state index in [1.807, 2.05) is 6.92 Å². The molecular formula is C7H19O4P. The molecule has 4 nitrogen and oxygen atoms in total. The summed E-state index contributed by atoms with van der Waals surface area (Å²) >= 11 is 0. The van der Waals surface area contributed by atoms with E-state index >= 15 is 0 Å². The Bertz CT molecular complexity index is 104. The molecule has 0 aliphatic rings. The molecular weight excluding hydrogens is 179 g/mol. The molecule has 0 aromatic rings. The fourth-order valence-electron chi connectivity index (χ4n) is 0.721. The van der Waals surface area contributed by atoms with Gasteiger partial charge in [-0.1, -0.05) is 0 Å². The van der Waals surface area contributed by atoms with Gasteiger partial charge in [0.05, 0.1) is 0 Å². The third kappa shape index (κ3) is 5.01. The monoisotopic (exact) mass is 198 g/mol. The second-order valence-corrected chi connectivity index (χ2v) is 4.15. The summed E-state index contributed by atoms with van der Waals surface area (Å²) in [6.45, 7) is 6.85. The van der Waals surface area contributed by atoms with Gasteiger partial charge in [0.1, 0.15) is 0 Å². The Hall–Kier alpha value is 0.270. The van der Waals surface area contributed by atoms with Crippen molar-refractivity contribution in [2.75, 3.05) is 19.8 Å². The zero-order valence-corrected chi connectivity index (χ0v) is 9.00. The third-order valence-corrected chi connectivity index (χ3v) is 3.02. The van der Waals surface area contributed by atoms with E-state index in [0.717, 1.165) is 6.42 Å². The Labute approximate surface area is 74.5 Å². The fourth-order valence-corrected chi connectivity index (χ4v) is 2.16. The van der Waals surface area contributed by atoms with Gasteiger partial charge in [-0.3, -0.25) is 0 Å². The second kappa shape index (κ2) is 6.75. The van der Waals surface area contributed by atoms with E-state index < -0.39 is 8.17 Å². The summed E-state index contributed by atoms with van der Waals surface area (Å²) in [4.78, 5) is 9.61. The van der Waals surface area contributed by atoms with Crippen LogP contribution >= 0.6 is 8.17 Å². The molecule has 0 aromatic carbocycles. The van der Waals surface area contributed by atoms with Crippen LogP contribution in [0.2, 0.25) is 0 Å². The molecule has 0 aliphatic heterocycles. The predicted molar refractivity (Wildman–Crippen MR) is 50.0 cm³/mol. The second-order valence-electron chi connectivity index (χ2n) is 2.24. The Morgan fingerprint density at radius 1 is 1.00 bits per heavy atom. The summed E-state index contributed by atoms with van der Waals surface area (Å²) in [5.41, 5.74) is 0. The first-order valence-electron chi connectivity index (χ1n) is 4.32. The minimum absolute atomic E-state index is 0.409. The van der Waals surface area contributed by atoms with Crippen LogP contribution < -0.4 is 0 Å². The first kappa shape index (κ1) is 12.3. The van der Waals surface area contributed by atoms with Crippen LogP contribution in [0.3, 0.4) is 0 Å². The average Bonchev–Trinajstić information content (AvgIpc) is 2.02. The Morgan fingerprint density at radius 3 is 1.83 bits per heavy atom. The van der Waals surface area contributed by atoms with Crippen LogP contribution in [0.5, 0.6) is 0 Å². The van der Waals surface area contributed by atoms with Gasteiger partial charge in [-0.15, -0.1) is 0 Å². The van der Waals surface area contributed by atoms with Gasteiger partial charge in [0.25, 0.3) is 0 Å². The average molecular weight is 198 g/mol. The molecule has 0 atom stereocenters. The zero-order chi connectivity index (χ0) is 9.45. The van der Waals surface area contributed by atoms with Crippen LogP contribution in [0.4, 0.5) is 0 Å². The van der Waals surface area contributed by atoms with E-state index in [1.165, 1.54) is 0 Å². The maximum absolute atomic E-state index is 9.61. The molecule has 0 unspecified atom stereocenters. The third-order valence-electron chi connectivity index (χ3n) is 1.14. The van der Waals surface area contributed by atoms with E-state index in [9.17, 15) is 4.89 Å². The number of hydrogen-bond donors (Lipinski definition) is 1. The predicted octanol–water partition coefficient (Wildman–Crippen LogP) is 1.89. The molecule has 0 bridgehead atoms. The van der Waals surface area contributed by atoms with Crippen molar-refractivity contribution in [2.24, 2.45) is 0 Å². The van der Waals surface area contributed by atoms with Crippen LogP contribution in [0.15, 0.2) is 0 Å². The van der Waals surface area contributed by atoms with Crippen LogP contribution in [0, 0.1) is 0 Å². The molecule has 76 valence electrons. The zero-order valence-electron chi connectivity index (χ0n) is 8.00. The van der Waals surface area contributed by atoms with Crippen LogP contribution in [0.25, 0.3) is 0 Å². The van der Waals surface area contributed by atoms with Crippen LogP contribution in [0.1, 0.15) is 27.2 Å². The summed E-state index contributed by atoms with van der Waals surface area (Å²) in [6.07, 6.45) is 0.843. The van der Waals surface area contributed by atoms with Crippen molar-refractivity contribution in [1.29, 1.82) is 0 Å². The first-order valence-corrected chi connectivity index (χ1v) is 6.00. The first-order chi connectivity index (χ1) is 5.68. The van der Waals surface area contributed by atoms with Gasteiger partial charge in [-0.2, -0.15) is 0 Å². The Balaban J connectivity index is 3.80. The van der Waals surface area contributed by atoms with Crippen molar-refractivity contribution in [2.45, 2.75) is 27.2 Å². The van der Waals surface area contributed by atoms with Crippen molar-refractivity contribution < 1.29 is 18.5 Å². The van der Waals surface area contributed by atoms with Crippen molar-refractivity contribution in [3.05, 3.63) is 0 Å². The molecule has 0 amide bonds. The van der Waals surface area contributed by atoms with Crippen LogP contribution in [-0.4, -0.2) is 24.7 Å². The SMILES string of the molecule is CCCO[PH](O)(OCC)OCC. The van der Waals surface area contributed by atoms with E-state index in [1.54, 1.807) is 13.8 Å². The molecule has 0 rings (SSSR count). The topological polar surface area (TPSA) is 47.9 Å². The van der Waals surface area contributed by atoms with Crippen molar-refractivity contribution in [3.8, 4) is 0 Å². The molecule has 0 heterocycles.